The maximum Gasteiger partial charge on any atom is 0.419 e. The lowest BCUT2D eigenvalue weighted by molar-refractivity contribution is -0.139. The van der Waals surface area contributed by atoms with Crippen LogP contribution < -0.4 is 5.32 Å². The van der Waals surface area contributed by atoms with Crippen molar-refractivity contribution in [2.75, 3.05) is 13.1 Å². The summed E-state index contributed by atoms with van der Waals surface area (Å²) in [6.07, 6.45) is -0.459. The quantitative estimate of drug-likeness (QED) is 0.863. The first-order valence-corrected chi connectivity index (χ1v) is 6.56. The Morgan fingerprint density at radius 3 is 2.76 bits per heavy atom. The van der Waals surface area contributed by atoms with E-state index in [0.717, 1.165) is 31.6 Å². The van der Waals surface area contributed by atoms with Crippen LogP contribution in [-0.2, 0) is 6.18 Å². The van der Waals surface area contributed by atoms with Crippen LogP contribution in [0.25, 0.3) is 11.3 Å². The van der Waals surface area contributed by atoms with Gasteiger partial charge in [0.1, 0.15) is 5.82 Å². The highest BCUT2D eigenvalue weighted by Crippen LogP contribution is 2.34. The lowest BCUT2D eigenvalue weighted by atomic mass is 10.1. The first-order valence-electron chi connectivity index (χ1n) is 6.56. The Labute approximate surface area is 118 Å². The molecule has 21 heavy (non-hydrogen) atoms. The van der Waals surface area contributed by atoms with E-state index in [1.54, 1.807) is 12.5 Å². The van der Waals surface area contributed by atoms with E-state index in [-0.39, 0.29) is 11.6 Å². The zero-order valence-corrected chi connectivity index (χ0v) is 11.0. The maximum atomic E-state index is 13.3. The van der Waals surface area contributed by atoms with Crippen molar-refractivity contribution in [3.8, 4) is 11.3 Å². The van der Waals surface area contributed by atoms with Gasteiger partial charge in [-0.2, -0.15) is 13.2 Å². The highest BCUT2D eigenvalue weighted by molar-refractivity contribution is 5.59. The molecule has 1 aromatic carbocycles. The molecule has 1 aromatic heterocycles. The molecule has 1 aliphatic rings. The first kappa shape index (κ1) is 14.1. The highest BCUT2D eigenvalue weighted by atomic mass is 19.4. The summed E-state index contributed by atoms with van der Waals surface area (Å²) in [6, 6.07) is 3.20. The highest BCUT2D eigenvalue weighted by Gasteiger charge is 2.34. The molecule has 7 heteroatoms. The van der Waals surface area contributed by atoms with E-state index in [1.165, 1.54) is 6.07 Å². The summed E-state index contributed by atoms with van der Waals surface area (Å²) in [4.78, 5) is 4.13. The fourth-order valence-corrected chi connectivity index (χ4v) is 2.48. The molecular weight excluding hydrogens is 286 g/mol. The average molecular weight is 299 g/mol. The summed E-state index contributed by atoms with van der Waals surface area (Å²) in [5.41, 5.74) is -0.599. The van der Waals surface area contributed by atoms with Crippen LogP contribution in [-0.4, -0.2) is 22.6 Å². The zero-order valence-electron chi connectivity index (χ0n) is 11.0. The third kappa shape index (κ3) is 2.78. The molecule has 3 nitrogen and oxygen atoms in total. The minimum absolute atomic E-state index is 0.258. The number of halogens is 4. The number of hydrogen-bond acceptors (Lipinski definition) is 2. The van der Waals surface area contributed by atoms with E-state index >= 15 is 0 Å². The van der Waals surface area contributed by atoms with Gasteiger partial charge in [0.25, 0.3) is 0 Å². The van der Waals surface area contributed by atoms with Crippen LogP contribution in [0.15, 0.2) is 30.7 Å². The lowest BCUT2D eigenvalue weighted by Crippen LogP contribution is -2.11. The van der Waals surface area contributed by atoms with Gasteiger partial charge in [0, 0.05) is 24.3 Å². The second-order valence-electron chi connectivity index (χ2n) is 5.05. The van der Waals surface area contributed by atoms with Gasteiger partial charge >= 0.3 is 6.18 Å². The smallest absolute Gasteiger partial charge is 0.332 e. The van der Waals surface area contributed by atoms with Crippen molar-refractivity contribution < 1.29 is 17.6 Å². The Balaban J connectivity index is 1.93. The van der Waals surface area contributed by atoms with Gasteiger partial charge in [-0.25, -0.2) is 9.37 Å². The van der Waals surface area contributed by atoms with Gasteiger partial charge in [-0.15, -0.1) is 0 Å². The van der Waals surface area contributed by atoms with Crippen molar-refractivity contribution in [2.24, 2.45) is 0 Å². The first-order chi connectivity index (χ1) is 9.95. The number of alkyl halides is 3. The zero-order chi connectivity index (χ0) is 15.0. The molecular formula is C14H13F4N3. The molecule has 0 amide bonds. The van der Waals surface area contributed by atoms with E-state index in [4.69, 9.17) is 0 Å². The third-order valence-corrected chi connectivity index (χ3v) is 3.62. The molecule has 0 bridgehead atoms. The second kappa shape index (κ2) is 5.14. The van der Waals surface area contributed by atoms with E-state index in [9.17, 15) is 17.6 Å². The molecule has 2 heterocycles. The summed E-state index contributed by atoms with van der Waals surface area (Å²) in [7, 11) is 0. The molecule has 1 atom stereocenters. The van der Waals surface area contributed by atoms with Crippen molar-refractivity contribution in [1.29, 1.82) is 0 Å². The predicted octanol–water partition coefficient (Wildman–Crippen LogP) is 3.24. The van der Waals surface area contributed by atoms with Crippen molar-refractivity contribution in [3.05, 3.63) is 42.1 Å². The van der Waals surface area contributed by atoms with Gasteiger partial charge in [0.05, 0.1) is 17.6 Å². The molecule has 112 valence electrons. The predicted molar refractivity (Wildman–Crippen MR) is 69.1 cm³/mol. The van der Waals surface area contributed by atoms with E-state index in [1.807, 2.05) is 4.57 Å². The molecule has 0 radical (unpaired) electrons. The van der Waals surface area contributed by atoms with Crippen molar-refractivity contribution in [2.45, 2.75) is 18.6 Å². The van der Waals surface area contributed by atoms with Crippen LogP contribution in [0.4, 0.5) is 17.6 Å². The minimum atomic E-state index is -4.71. The van der Waals surface area contributed by atoms with Crippen LogP contribution in [0.2, 0.25) is 0 Å². The number of aromatic nitrogens is 2. The molecule has 0 spiro atoms. The topological polar surface area (TPSA) is 29.9 Å². The average Bonchev–Trinajstić information content (AvgIpc) is 3.09. The van der Waals surface area contributed by atoms with Crippen molar-refractivity contribution in [1.82, 2.24) is 14.9 Å². The van der Waals surface area contributed by atoms with Gasteiger partial charge in [-0.1, -0.05) is 0 Å². The van der Waals surface area contributed by atoms with Gasteiger partial charge in [-0.05, 0) is 31.2 Å². The largest absolute Gasteiger partial charge is 0.419 e. The van der Waals surface area contributed by atoms with E-state index < -0.39 is 17.6 Å². The van der Waals surface area contributed by atoms with E-state index in [0.29, 0.717) is 5.69 Å². The molecule has 1 N–H and O–H groups in total. The summed E-state index contributed by atoms with van der Waals surface area (Å²) in [5, 5.41) is 3.21. The standard InChI is InChI=1S/C14H13F4N3/c15-12-2-1-9(5-11(12)14(16,17)18)13-7-21(8-20-13)10-3-4-19-6-10/h1-2,5,7-8,10,19H,3-4,6H2. The van der Waals surface area contributed by atoms with Gasteiger partial charge < -0.3 is 9.88 Å². The van der Waals surface area contributed by atoms with Crippen LogP contribution in [0.3, 0.4) is 0 Å². The number of benzene rings is 1. The molecule has 3 rings (SSSR count). The number of hydrogen-bond donors (Lipinski definition) is 1. The van der Waals surface area contributed by atoms with Crippen molar-refractivity contribution in [3.63, 3.8) is 0 Å². The minimum Gasteiger partial charge on any atom is -0.332 e. The van der Waals surface area contributed by atoms with E-state index in [2.05, 4.69) is 10.3 Å². The Kier molecular flexibility index (Phi) is 3.44. The molecule has 1 unspecified atom stereocenters. The molecule has 1 aliphatic heterocycles. The monoisotopic (exact) mass is 299 g/mol. The van der Waals surface area contributed by atoms with Gasteiger partial charge in [0.2, 0.25) is 0 Å². The molecule has 1 fully saturated rings. The Morgan fingerprint density at radius 2 is 2.10 bits per heavy atom. The van der Waals surface area contributed by atoms with Crippen LogP contribution in [0.5, 0.6) is 0 Å². The number of nitrogens with zero attached hydrogens (tertiary/aromatic N) is 2. The molecule has 2 aromatic rings. The van der Waals surface area contributed by atoms with Gasteiger partial charge in [0.15, 0.2) is 0 Å². The molecule has 0 aliphatic carbocycles. The molecule has 1 saturated heterocycles. The molecule has 0 saturated carbocycles. The summed E-state index contributed by atoms with van der Waals surface area (Å²) in [6.45, 7) is 1.72. The maximum absolute atomic E-state index is 13.3. The number of rotatable bonds is 2. The Bertz CT molecular complexity index is 642. The number of nitrogens with one attached hydrogen (secondary N) is 1. The SMILES string of the molecule is Fc1ccc(-c2cn(C3CCNC3)cn2)cc1C(F)(F)F. The second-order valence-corrected chi connectivity index (χ2v) is 5.05. The fraction of sp³-hybridized carbons (Fsp3) is 0.357. The van der Waals surface area contributed by atoms with Crippen LogP contribution in [0.1, 0.15) is 18.0 Å². The van der Waals surface area contributed by atoms with Gasteiger partial charge in [-0.3, -0.25) is 0 Å². The summed E-state index contributed by atoms with van der Waals surface area (Å²) < 4.78 is 53.3. The summed E-state index contributed by atoms with van der Waals surface area (Å²) >= 11 is 0. The van der Waals surface area contributed by atoms with Crippen LogP contribution >= 0.6 is 0 Å². The fourth-order valence-electron chi connectivity index (χ4n) is 2.48. The number of imidazole rings is 1. The third-order valence-electron chi connectivity index (χ3n) is 3.62. The van der Waals surface area contributed by atoms with Crippen molar-refractivity contribution >= 4 is 0 Å². The lowest BCUT2D eigenvalue weighted by Gasteiger charge is -2.10. The Hall–Kier alpha value is -1.89. The normalized spacial score (nSPS) is 19.1. The van der Waals surface area contributed by atoms with Crippen LogP contribution in [0, 0.1) is 5.82 Å². The Morgan fingerprint density at radius 1 is 1.29 bits per heavy atom. The summed E-state index contributed by atoms with van der Waals surface area (Å²) in [5.74, 6) is -1.27.